The lowest BCUT2D eigenvalue weighted by Crippen LogP contribution is -2.37. The zero-order valence-electron chi connectivity index (χ0n) is 7.12. The predicted octanol–water partition coefficient (Wildman–Crippen LogP) is 0.766. The van der Waals surface area contributed by atoms with Crippen molar-refractivity contribution in [3.63, 3.8) is 0 Å². The maximum absolute atomic E-state index is 8.81. The Hall–Kier alpha value is -0.120. The van der Waals surface area contributed by atoms with Crippen LogP contribution in [0.4, 0.5) is 0 Å². The average Bonchev–Trinajstić information content (AvgIpc) is 2.05. The summed E-state index contributed by atoms with van der Waals surface area (Å²) in [5, 5.41) is 8.81. The summed E-state index contributed by atoms with van der Waals surface area (Å²) in [5.41, 5.74) is 0. The topological polar surface area (TPSA) is 38.7 Å². The van der Waals surface area contributed by atoms with Gasteiger partial charge in [0.2, 0.25) is 0 Å². The third-order valence-corrected chi connectivity index (χ3v) is 1.80. The van der Waals surface area contributed by atoms with Gasteiger partial charge in [-0.05, 0) is 6.42 Å². The number of hydrogen-bond acceptors (Lipinski definition) is 3. The van der Waals surface area contributed by atoms with Crippen LogP contribution in [-0.4, -0.2) is 30.7 Å². The smallest absolute Gasteiger partial charge is 0.160 e. The fourth-order valence-electron chi connectivity index (χ4n) is 1.10. The Morgan fingerprint density at radius 1 is 1.55 bits per heavy atom. The molecule has 3 heteroatoms. The van der Waals surface area contributed by atoms with E-state index in [0.29, 0.717) is 12.5 Å². The summed E-state index contributed by atoms with van der Waals surface area (Å²) < 4.78 is 10.8. The van der Waals surface area contributed by atoms with Gasteiger partial charge in [0.15, 0.2) is 6.29 Å². The second-order valence-electron chi connectivity index (χ2n) is 3.21. The molecule has 0 unspecified atom stereocenters. The molecule has 0 bridgehead atoms. The van der Waals surface area contributed by atoms with Crippen molar-refractivity contribution < 1.29 is 14.6 Å². The van der Waals surface area contributed by atoms with Gasteiger partial charge in [-0.3, -0.25) is 0 Å². The summed E-state index contributed by atoms with van der Waals surface area (Å²) in [6.45, 7) is 4.90. The van der Waals surface area contributed by atoms with E-state index in [0.717, 1.165) is 6.42 Å². The molecular weight excluding hydrogens is 144 g/mol. The molecule has 1 aliphatic rings. The van der Waals surface area contributed by atoms with Gasteiger partial charge in [0.25, 0.3) is 0 Å². The fourth-order valence-corrected chi connectivity index (χ4v) is 1.10. The van der Waals surface area contributed by atoms with E-state index in [2.05, 4.69) is 0 Å². The van der Waals surface area contributed by atoms with Crippen LogP contribution in [0.25, 0.3) is 0 Å². The molecule has 1 heterocycles. The quantitative estimate of drug-likeness (QED) is 0.648. The van der Waals surface area contributed by atoms with Crippen molar-refractivity contribution in [2.45, 2.75) is 32.7 Å². The van der Waals surface area contributed by atoms with Crippen LogP contribution >= 0.6 is 0 Å². The minimum Gasteiger partial charge on any atom is -0.394 e. The minimum atomic E-state index is -0.124. The molecule has 0 aliphatic carbocycles. The molecular formula is C8H16O3. The molecule has 3 nitrogen and oxygen atoms in total. The summed E-state index contributed by atoms with van der Waals surface area (Å²) in [7, 11) is 0. The Morgan fingerprint density at radius 2 is 2.27 bits per heavy atom. The summed E-state index contributed by atoms with van der Waals surface area (Å²) in [4.78, 5) is 0. The lowest BCUT2D eigenvalue weighted by atomic mass is 10.2. The standard InChI is InChI=1S/C8H16O3/c1-6(2)8-10-4-3-7(5-9)11-8/h6-9H,3-5H2,1-2H3/t7-,8+/m1/s1. The van der Waals surface area contributed by atoms with E-state index >= 15 is 0 Å². The molecule has 0 radical (unpaired) electrons. The molecule has 0 saturated carbocycles. The second-order valence-corrected chi connectivity index (χ2v) is 3.21. The van der Waals surface area contributed by atoms with Crippen molar-refractivity contribution >= 4 is 0 Å². The SMILES string of the molecule is CC(C)[C@H]1OCC[C@H](CO)O1. The van der Waals surface area contributed by atoms with Gasteiger partial charge in [0.05, 0.1) is 19.3 Å². The molecule has 66 valence electrons. The van der Waals surface area contributed by atoms with E-state index in [1.54, 1.807) is 0 Å². The first-order valence-electron chi connectivity index (χ1n) is 4.12. The molecule has 11 heavy (non-hydrogen) atoms. The predicted molar refractivity (Wildman–Crippen MR) is 41.2 cm³/mol. The molecule has 1 aliphatic heterocycles. The molecule has 0 amide bonds. The zero-order valence-corrected chi connectivity index (χ0v) is 7.12. The Bertz CT molecular complexity index is 114. The van der Waals surface area contributed by atoms with E-state index in [1.807, 2.05) is 13.8 Å². The summed E-state index contributed by atoms with van der Waals surface area (Å²) >= 11 is 0. The van der Waals surface area contributed by atoms with Gasteiger partial charge in [-0.15, -0.1) is 0 Å². The highest BCUT2D eigenvalue weighted by Crippen LogP contribution is 2.17. The number of hydrogen-bond donors (Lipinski definition) is 1. The van der Waals surface area contributed by atoms with Crippen molar-refractivity contribution in [2.24, 2.45) is 5.92 Å². The van der Waals surface area contributed by atoms with Crippen LogP contribution in [0.2, 0.25) is 0 Å². The minimum absolute atomic E-state index is 0.0175. The summed E-state index contributed by atoms with van der Waals surface area (Å²) in [6.07, 6.45) is 0.664. The Morgan fingerprint density at radius 3 is 2.82 bits per heavy atom. The van der Waals surface area contributed by atoms with Gasteiger partial charge in [0, 0.05) is 5.92 Å². The van der Waals surface area contributed by atoms with Crippen molar-refractivity contribution in [2.75, 3.05) is 13.2 Å². The van der Waals surface area contributed by atoms with Crippen LogP contribution < -0.4 is 0 Å². The molecule has 1 N–H and O–H groups in total. The molecule has 0 spiro atoms. The third-order valence-electron chi connectivity index (χ3n) is 1.80. The molecule has 0 aromatic carbocycles. The van der Waals surface area contributed by atoms with Crippen molar-refractivity contribution in [1.29, 1.82) is 0 Å². The highest BCUT2D eigenvalue weighted by Gasteiger charge is 2.24. The Labute approximate surface area is 67.3 Å². The fraction of sp³-hybridized carbons (Fsp3) is 1.00. The third kappa shape index (κ3) is 2.43. The monoisotopic (exact) mass is 160 g/mol. The van der Waals surface area contributed by atoms with Crippen molar-refractivity contribution in [3.8, 4) is 0 Å². The zero-order chi connectivity index (χ0) is 8.27. The van der Waals surface area contributed by atoms with Crippen LogP contribution in [0, 0.1) is 5.92 Å². The van der Waals surface area contributed by atoms with Gasteiger partial charge in [-0.25, -0.2) is 0 Å². The lowest BCUT2D eigenvalue weighted by Gasteiger charge is -2.31. The first kappa shape index (κ1) is 8.97. The van der Waals surface area contributed by atoms with Crippen LogP contribution in [0.15, 0.2) is 0 Å². The van der Waals surface area contributed by atoms with E-state index < -0.39 is 0 Å². The molecule has 0 aromatic heterocycles. The van der Waals surface area contributed by atoms with Crippen molar-refractivity contribution in [1.82, 2.24) is 0 Å². The van der Waals surface area contributed by atoms with Gasteiger partial charge in [0.1, 0.15) is 0 Å². The van der Waals surface area contributed by atoms with E-state index in [9.17, 15) is 0 Å². The first-order chi connectivity index (χ1) is 5.24. The normalized spacial score (nSPS) is 32.7. The molecule has 1 fully saturated rings. The summed E-state index contributed by atoms with van der Waals surface area (Å²) in [6, 6.07) is 0. The number of ether oxygens (including phenoxy) is 2. The van der Waals surface area contributed by atoms with Gasteiger partial charge >= 0.3 is 0 Å². The van der Waals surface area contributed by atoms with Crippen molar-refractivity contribution in [3.05, 3.63) is 0 Å². The number of aliphatic hydroxyl groups excluding tert-OH is 1. The molecule has 2 atom stereocenters. The Balaban J connectivity index is 2.33. The van der Waals surface area contributed by atoms with E-state index in [4.69, 9.17) is 14.6 Å². The van der Waals surface area contributed by atoms with Gasteiger partial charge in [-0.2, -0.15) is 0 Å². The van der Waals surface area contributed by atoms with Crippen LogP contribution in [-0.2, 0) is 9.47 Å². The molecule has 1 saturated heterocycles. The second kappa shape index (κ2) is 4.04. The summed E-state index contributed by atoms with van der Waals surface area (Å²) in [5.74, 6) is 0.365. The Kier molecular flexibility index (Phi) is 3.30. The highest BCUT2D eigenvalue weighted by molar-refractivity contribution is 4.64. The maximum atomic E-state index is 8.81. The van der Waals surface area contributed by atoms with E-state index in [-0.39, 0.29) is 19.0 Å². The number of rotatable bonds is 2. The highest BCUT2D eigenvalue weighted by atomic mass is 16.7. The van der Waals surface area contributed by atoms with E-state index in [1.165, 1.54) is 0 Å². The van der Waals surface area contributed by atoms with Gasteiger partial charge in [-0.1, -0.05) is 13.8 Å². The molecule has 0 aromatic rings. The first-order valence-corrected chi connectivity index (χ1v) is 4.12. The van der Waals surface area contributed by atoms with Crippen LogP contribution in [0.5, 0.6) is 0 Å². The number of aliphatic hydroxyl groups is 1. The maximum Gasteiger partial charge on any atom is 0.160 e. The van der Waals surface area contributed by atoms with Crippen LogP contribution in [0.1, 0.15) is 20.3 Å². The average molecular weight is 160 g/mol. The molecule has 1 rings (SSSR count). The lowest BCUT2D eigenvalue weighted by molar-refractivity contribution is -0.236. The van der Waals surface area contributed by atoms with Gasteiger partial charge < -0.3 is 14.6 Å². The largest absolute Gasteiger partial charge is 0.394 e. The van der Waals surface area contributed by atoms with Crippen LogP contribution in [0.3, 0.4) is 0 Å².